The van der Waals surface area contributed by atoms with Gasteiger partial charge in [0.05, 0.1) is 0 Å². The third kappa shape index (κ3) is 2.68. The molecule has 0 amide bonds. The lowest BCUT2D eigenvalue weighted by atomic mass is 9.98. The monoisotopic (exact) mass is 259 g/mol. The standard InChI is InChI=1S/C16H18ClN/c1-2-3-7-12-8-6-10-14(16(12)18)13-9-4-5-11-15(13)17/h4-6,8-11H,2-3,7,18H2,1H3. The highest BCUT2D eigenvalue weighted by Gasteiger charge is 2.09. The molecule has 2 N–H and O–H groups in total. The van der Waals surface area contributed by atoms with Gasteiger partial charge in [0.2, 0.25) is 0 Å². The first-order valence-electron chi connectivity index (χ1n) is 6.36. The van der Waals surface area contributed by atoms with E-state index in [-0.39, 0.29) is 0 Å². The van der Waals surface area contributed by atoms with E-state index in [1.165, 1.54) is 12.0 Å². The Labute approximate surface area is 114 Å². The second kappa shape index (κ2) is 5.92. The van der Waals surface area contributed by atoms with E-state index in [1.807, 2.05) is 30.3 Å². The predicted molar refractivity (Wildman–Crippen MR) is 79.9 cm³/mol. The van der Waals surface area contributed by atoms with Crippen LogP contribution in [0.1, 0.15) is 25.3 Å². The number of anilines is 1. The molecule has 0 saturated carbocycles. The number of nitrogens with two attached hydrogens (primary N) is 1. The fourth-order valence-corrected chi connectivity index (χ4v) is 2.35. The van der Waals surface area contributed by atoms with E-state index in [0.717, 1.165) is 34.7 Å². The van der Waals surface area contributed by atoms with Crippen molar-refractivity contribution in [3.8, 4) is 11.1 Å². The molecule has 0 aromatic heterocycles. The van der Waals surface area contributed by atoms with Gasteiger partial charge < -0.3 is 5.73 Å². The highest BCUT2D eigenvalue weighted by Crippen LogP contribution is 2.33. The lowest BCUT2D eigenvalue weighted by Gasteiger charge is -2.12. The number of nitrogen functional groups attached to an aromatic ring is 1. The molecule has 0 spiro atoms. The summed E-state index contributed by atoms with van der Waals surface area (Å²) in [6.45, 7) is 2.19. The van der Waals surface area contributed by atoms with E-state index >= 15 is 0 Å². The number of hydrogen-bond acceptors (Lipinski definition) is 1. The average Bonchev–Trinajstić information content (AvgIpc) is 2.39. The lowest BCUT2D eigenvalue weighted by molar-refractivity contribution is 0.796. The molecule has 2 rings (SSSR count). The number of halogens is 1. The number of benzene rings is 2. The SMILES string of the molecule is CCCCc1cccc(-c2ccccc2Cl)c1N. The van der Waals surface area contributed by atoms with Crippen molar-refractivity contribution in [3.63, 3.8) is 0 Å². The van der Waals surface area contributed by atoms with Crippen molar-refractivity contribution in [3.05, 3.63) is 53.1 Å². The normalized spacial score (nSPS) is 10.6. The number of unbranched alkanes of at least 4 members (excludes halogenated alkanes) is 1. The summed E-state index contributed by atoms with van der Waals surface area (Å²) in [6, 6.07) is 14.0. The summed E-state index contributed by atoms with van der Waals surface area (Å²) in [5.74, 6) is 0. The summed E-state index contributed by atoms with van der Waals surface area (Å²) >= 11 is 6.23. The summed E-state index contributed by atoms with van der Waals surface area (Å²) in [5.41, 5.74) is 10.4. The zero-order valence-electron chi connectivity index (χ0n) is 10.6. The van der Waals surface area contributed by atoms with Gasteiger partial charge in [0.25, 0.3) is 0 Å². The summed E-state index contributed by atoms with van der Waals surface area (Å²) in [7, 11) is 0. The van der Waals surface area contributed by atoms with Crippen molar-refractivity contribution in [1.82, 2.24) is 0 Å². The van der Waals surface area contributed by atoms with Crippen molar-refractivity contribution in [2.75, 3.05) is 5.73 Å². The summed E-state index contributed by atoms with van der Waals surface area (Å²) in [4.78, 5) is 0. The van der Waals surface area contributed by atoms with Gasteiger partial charge in [-0.25, -0.2) is 0 Å². The molecule has 2 aromatic carbocycles. The molecule has 2 aromatic rings. The summed E-state index contributed by atoms with van der Waals surface area (Å²) in [6.07, 6.45) is 3.37. The van der Waals surface area contributed by atoms with Gasteiger partial charge >= 0.3 is 0 Å². The van der Waals surface area contributed by atoms with E-state index in [2.05, 4.69) is 19.1 Å². The Hall–Kier alpha value is -1.47. The van der Waals surface area contributed by atoms with Gasteiger partial charge in [-0.1, -0.05) is 61.3 Å². The van der Waals surface area contributed by atoms with Crippen molar-refractivity contribution in [1.29, 1.82) is 0 Å². The molecule has 0 fully saturated rings. The lowest BCUT2D eigenvalue weighted by Crippen LogP contribution is -1.97. The molecule has 0 bridgehead atoms. The highest BCUT2D eigenvalue weighted by atomic mass is 35.5. The Kier molecular flexibility index (Phi) is 4.27. The minimum absolute atomic E-state index is 0.747. The van der Waals surface area contributed by atoms with Crippen LogP contribution in [0.5, 0.6) is 0 Å². The van der Waals surface area contributed by atoms with Gasteiger partial charge in [-0.15, -0.1) is 0 Å². The van der Waals surface area contributed by atoms with Crippen molar-refractivity contribution in [2.45, 2.75) is 26.2 Å². The van der Waals surface area contributed by atoms with E-state index < -0.39 is 0 Å². The van der Waals surface area contributed by atoms with Crippen LogP contribution in [0.15, 0.2) is 42.5 Å². The van der Waals surface area contributed by atoms with Crippen LogP contribution in [-0.4, -0.2) is 0 Å². The molecule has 0 saturated heterocycles. The van der Waals surface area contributed by atoms with E-state index in [9.17, 15) is 0 Å². The van der Waals surface area contributed by atoms with Crippen LogP contribution in [-0.2, 0) is 6.42 Å². The fraction of sp³-hybridized carbons (Fsp3) is 0.250. The van der Waals surface area contributed by atoms with Crippen LogP contribution in [0.2, 0.25) is 5.02 Å². The van der Waals surface area contributed by atoms with Gasteiger partial charge in [0.1, 0.15) is 0 Å². The first-order chi connectivity index (χ1) is 8.74. The maximum Gasteiger partial charge on any atom is 0.0485 e. The van der Waals surface area contributed by atoms with Crippen molar-refractivity contribution in [2.24, 2.45) is 0 Å². The number of para-hydroxylation sites is 1. The van der Waals surface area contributed by atoms with Crippen molar-refractivity contribution < 1.29 is 0 Å². The molecule has 0 aliphatic carbocycles. The van der Waals surface area contributed by atoms with E-state index in [0.29, 0.717) is 0 Å². The van der Waals surface area contributed by atoms with Gasteiger partial charge in [-0.05, 0) is 24.5 Å². The molecular weight excluding hydrogens is 242 g/mol. The first kappa shape index (κ1) is 13.0. The Morgan fingerprint density at radius 3 is 2.44 bits per heavy atom. The quantitative estimate of drug-likeness (QED) is 0.774. The number of hydrogen-bond donors (Lipinski definition) is 1. The number of rotatable bonds is 4. The molecular formula is C16H18ClN. The molecule has 18 heavy (non-hydrogen) atoms. The second-order valence-electron chi connectivity index (χ2n) is 4.46. The molecule has 0 aliphatic rings. The van der Waals surface area contributed by atoms with Crippen LogP contribution in [0, 0.1) is 0 Å². The zero-order chi connectivity index (χ0) is 13.0. The molecule has 0 aliphatic heterocycles. The topological polar surface area (TPSA) is 26.0 Å². The molecule has 0 atom stereocenters. The molecule has 0 radical (unpaired) electrons. The fourth-order valence-electron chi connectivity index (χ4n) is 2.11. The average molecular weight is 260 g/mol. The molecule has 94 valence electrons. The van der Waals surface area contributed by atoms with Gasteiger partial charge in [0, 0.05) is 21.8 Å². The predicted octanol–water partition coefficient (Wildman–Crippen LogP) is 4.93. The Bertz CT molecular complexity index is 534. The molecule has 0 heterocycles. The Morgan fingerprint density at radius 2 is 1.72 bits per heavy atom. The van der Waals surface area contributed by atoms with Crippen LogP contribution in [0.3, 0.4) is 0 Å². The molecule has 2 heteroatoms. The maximum absolute atomic E-state index is 6.27. The molecule has 1 nitrogen and oxygen atoms in total. The van der Waals surface area contributed by atoms with Crippen LogP contribution >= 0.6 is 11.6 Å². The van der Waals surface area contributed by atoms with E-state index in [1.54, 1.807) is 0 Å². The number of aryl methyl sites for hydroxylation is 1. The summed E-state index contributed by atoms with van der Waals surface area (Å²) < 4.78 is 0. The third-order valence-electron chi connectivity index (χ3n) is 3.16. The van der Waals surface area contributed by atoms with Crippen molar-refractivity contribution >= 4 is 17.3 Å². The van der Waals surface area contributed by atoms with Gasteiger partial charge in [-0.3, -0.25) is 0 Å². The smallest absolute Gasteiger partial charge is 0.0485 e. The van der Waals surface area contributed by atoms with E-state index in [4.69, 9.17) is 17.3 Å². The van der Waals surface area contributed by atoms with Gasteiger partial charge in [0.15, 0.2) is 0 Å². The van der Waals surface area contributed by atoms with Gasteiger partial charge in [-0.2, -0.15) is 0 Å². The van der Waals surface area contributed by atoms with Crippen LogP contribution in [0.4, 0.5) is 5.69 Å². The third-order valence-corrected chi connectivity index (χ3v) is 3.49. The van der Waals surface area contributed by atoms with Crippen LogP contribution in [0.25, 0.3) is 11.1 Å². The minimum atomic E-state index is 0.747. The maximum atomic E-state index is 6.27. The Morgan fingerprint density at radius 1 is 1.00 bits per heavy atom. The summed E-state index contributed by atoms with van der Waals surface area (Å²) in [5, 5.41) is 0.747. The largest absolute Gasteiger partial charge is 0.398 e. The van der Waals surface area contributed by atoms with Crippen LogP contribution < -0.4 is 5.73 Å². The minimum Gasteiger partial charge on any atom is -0.398 e. The highest BCUT2D eigenvalue weighted by molar-refractivity contribution is 6.33. The second-order valence-corrected chi connectivity index (χ2v) is 4.87. The molecule has 0 unspecified atom stereocenters. The Balaban J connectivity index is 2.43. The first-order valence-corrected chi connectivity index (χ1v) is 6.74. The zero-order valence-corrected chi connectivity index (χ0v) is 11.4.